The van der Waals surface area contributed by atoms with Crippen molar-refractivity contribution in [3.63, 3.8) is 0 Å². The molecule has 0 radical (unpaired) electrons. The van der Waals surface area contributed by atoms with E-state index >= 15 is 0 Å². The van der Waals surface area contributed by atoms with E-state index in [1.807, 2.05) is 6.55 Å². The van der Waals surface area contributed by atoms with Crippen LogP contribution in [0.2, 0.25) is 64.5 Å². The zero-order valence-corrected chi connectivity index (χ0v) is 21.4. The fraction of sp³-hybridized carbons (Fsp3) is 1.00. The minimum atomic E-state index is -2.02. The third-order valence-corrected chi connectivity index (χ3v) is 15.9. The average Bonchev–Trinajstić information content (AvgIpc) is 2.33. The van der Waals surface area contributed by atoms with Crippen LogP contribution in [0.25, 0.3) is 0 Å². The molecule has 0 fully saturated rings. The summed E-state index contributed by atoms with van der Waals surface area (Å²) < 4.78 is 24.9. The maximum absolute atomic E-state index is 11.5. The van der Waals surface area contributed by atoms with Crippen molar-refractivity contribution >= 4 is 33.4 Å². The molecule has 0 saturated heterocycles. The van der Waals surface area contributed by atoms with Crippen molar-refractivity contribution in [2.45, 2.75) is 103 Å². The number of hydrogen-bond acceptors (Lipinski definition) is 3. The SMILES string of the molecule is CCC(C)(O[Si](C)(C)C)[Si](C)(C)OC(C)[Si](C)(C)CC[Si](C)=O. The molecule has 0 saturated carbocycles. The summed E-state index contributed by atoms with van der Waals surface area (Å²) in [5.41, 5.74) is 0.279. The molecule has 0 spiro atoms. The van der Waals surface area contributed by atoms with E-state index in [-0.39, 0.29) is 11.0 Å². The van der Waals surface area contributed by atoms with Crippen molar-refractivity contribution in [2.24, 2.45) is 0 Å². The predicted molar refractivity (Wildman–Crippen MR) is 111 cm³/mol. The summed E-state index contributed by atoms with van der Waals surface area (Å²) in [7, 11) is -6.55. The first-order valence-electron chi connectivity index (χ1n) is 8.94. The van der Waals surface area contributed by atoms with Crippen molar-refractivity contribution in [1.82, 2.24) is 0 Å². The van der Waals surface area contributed by atoms with E-state index in [1.54, 1.807) is 0 Å². The number of hydrogen-bond donors (Lipinski definition) is 0. The van der Waals surface area contributed by atoms with Gasteiger partial charge in [-0.25, -0.2) is 0 Å². The summed E-state index contributed by atoms with van der Waals surface area (Å²) in [4.78, 5) is 0. The van der Waals surface area contributed by atoms with Gasteiger partial charge < -0.3 is 13.3 Å². The Labute approximate surface area is 149 Å². The first-order valence-corrected chi connectivity index (χ1v) is 20.7. The van der Waals surface area contributed by atoms with Gasteiger partial charge in [0.1, 0.15) is 0 Å². The van der Waals surface area contributed by atoms with Crippen LogP contribution in [0.1, 0.15) is 27.2 Å². The second-order valence-corrected chi connectivity index (χ2v) is 25.2. The molecule has 0 N–H and O–H groups in total. The van der Waals surface area contributed by atoms with Crippen LogP contribution in [0.4, 0.5) is 0 Å². The highest BCUT2D eigenvalue weighted by atomic mass is 28.4. The molecule has 0 aliphatic carbocycles. The normalized spacial score (nSPS) is 17.7. The standard InChI is InChI=1S/C16H40O3Si4/c1-12-16(3,19-21(5,6)7)23(10,11)18-15(2)22(8,9)14-13-20(4)17/h15H,12-14H2,1-11H3. The topological polar surface area (TPSA) is 35.5 Å². The van der Waals surface area contributed by atoms with Gasteiger partial charge in [-0.3, -0.25) is 0 Å². The van der Waals surface area contributed by atoms with Gasteiger partial charge in [-0.05, 0) is 65.6 Å². The minimum Gasteiger partial charge on any atom is -0.415 e. The Kier molecular flexibility index (Phi) is 8.52. The van der Waals surface area contributed by atoms with E-state index in [4.69, 9.17) is 8.85 Å². The Bertz CT molecular complexity index is 405. The molecule has 138 valence electrons. The second-order valence-electron chi connectivity index (χ2n) is 9.26. The summed E-state index contributed by atoms with van der Waals surface area (Å²) in [5, 5.41) is -0.144. The van der Waals surface area contributed by atoms with Gasteiger partial charge in [0.05, 0.1) is 13.3 Å². The molecule has 2 atom stereocenters. The lowest BCUT2D eigenvalue weighted by Crippen LogP contribution is -2.62. The van der Waals surface area contributed by atoms with E-state index < -0.39 is 33.4 Å². The Morgan fingerprint density at radius 3 is 1.91 bits per heavy atom. The molecule has 0 aromatic carbocycles. The molecule has 23 heavy (non-hydrogen) atoms. The van der Waals surface area contributed by atoms with Crippen molar-refractivity contribution in [2.75, 3.05) is 0 Å². The van der Waals surface area contributed by atoms with E-state index in [1.165, 1.54) is 0 Å². The molecule has 0 aromatic heterocycles. The van der Waals surface area contributed by atoms with Crippen LogP contribution in [0.5, 0.6) is 0 Å². The van der Waals surface area contributed by atoms with Crippen LogP contribution < -0.4 is 0 Å². The van der Waals surface area contributed by atoms with Crippen molar-refractivity contribution < 1.29 is 13.3 Å². The van der Waals surface area contributed by atoms with Gasteiger partial charge in [0.25, 0.3) is 8.68 Å². The molecule has 0 bridgehead atoms. The van der Waals surface area contributed by atoms with E-state index in [9.17, 15) is 4.46 Å². The smallest absolute Gasteiger partial charge is 0.273 e. The maximum Gasteiger partial charge on any atom is 0.273 e. The molecule has 0 heterocycles. The fourth-order valence-electron chi connectivity index (χ4n) is 2.72. The summed E-state index contributed by atoms with van der Waals surface area (Å²) in [6, 6.07) is 1.96. The lowest BCUT2D eigenvalue weighted by atomic mass is 10.3. The monoisotopic (exact) mass is 392 g/mol. The van der Waals surface area contributed by atoms with Crippen molar-refractivity contribution in [1.29, 1.82) is 0 Å². The van der Waals surface area contributed by atoms with Crippen LogP contribution in [0.3, 0.4) is 0 Å². The quantitative estimate of drug-likeness (QED) is 0.463. The molecule has 7 heteroatoms. The first kappa shape index (κ1) is 23.6. The van der Waals surface area contributed by atoms with Gasteiger partial charge in [0.2, 0.25) is 8.32 Å². The minimum absolute atomic E-state index is 0.144. The number of rotatable bonds is 10. The summed E-state index contributed by atoms with van der Waals surface area (Å²) >= 11 is 0. The van der Waals surface area contributed by atoms with E-state index in [2.05, 4.69) is 66.6 Å². The highest BCUT2D eigenvalue weighted by Crippen LogP contribution is 2.35. The molecule has 0 amide bonds. The molecular formula is C16H40O3Si4. The second kappa shape index (κ2) is 8.31. The summed E-state index contributed by atoms with van der Waals surface area (Å²) in [6.45, 7) is 24.7. The van der Waals surface area contributed by atoms with E-state index in [0.29, 0.717) is 0 Å². The van der Waals surface area contributed by atoms with Gasteiger partial charge in [0.15, 0.2) is 8.32 Å². The molecule has 0 aliphatic rings. The molecule has 0 rings (SSSR count). The predicted octanol–water partition coefficient (Wildman–Crippen LogP) is 5.46. The van der Waals surface area contributed by atoms with Gasteiger partial charge in [-0.15, -0.1) is 0 Å². The Hall–Kier alpha value is 0.588. The Morgan fingerprint density at radius 1 is 1.09 bits per heavy atom. The molecule has 0 aromatic rings. The van der Waals surface area contributed by atoms with Crippen LogP contribution in [0, 0.1) is 0 Å². The summed E-state index contributed by atoms with van der Waals surface area (Å²) in [6.07, 6.45) is 0.994. The van der Waals surface area contributed by atoms with Gasteiger partial charge in [-0.2, -0.15) is 0 Å². The molecule has 3 nitrogen and oxygen atoms in total. The highest BCUT2D eigenvalue weighted by Gasteiger charge is 2.49. The van der Waals surface area contributed by atoms with Crippen LogP contribution in [-0.4, -0.2) is 44.3 Å². The lowest BCUT2D eigenvalue weighted by molar-refractivity contribution is 0.111. The van der Waals surface area contributed by atoms with Crippen LogP contribution in [-0.2, 0) is 13.3 Å². The molecule has 0 aliphatic heterocycles. The van der Waals surface area contributed by atoms with Crippen LogP contribution in [0.15, 0.2) is 0 Å². The lowest BCUT2D eigenvalue weighted by Gasteiger charge is -2.48. The largest absolute Gasteiger partial charge is 0.415 e. The van der Waals surface area contributed by atoms with Gasteiger partial charge >= 0.3 is 0 Å². The van der Waals surface area contributed by atoms with Gasteiger partial charge in [-0.1, -0.05) is 26.1 Å². The Morgan fingerprint density at radius 2 is 1.57 bits per heavy atom. The fourth-order valence-corrected chi connectivity index (χ4v) is 14.7. The molecular weight excluding hydrogens is 353 g/mol. The third-order valence-electron chi connectivity index (χ3n) is 5.17. The highest BCUT2D eigenvalue weighted by molar-refractivity contribution is 6.82. The van der Waals surface area contributed by atoms with E-state index in [0.717, 1.165) is 18.5 Å². The third kappa shape index (κ3) is 7.56. The zero-order chi connectivity index (χ0) is 18.7. The average molecular weight is 393 g/mol. The van der Waals surface area contributed by atoms with Crippen molar-refractivity contribution in [3.05, 3.63) is 0 Å². The zero-order valence-electron chi connectivity index (χ0n) is 17.4. The summed E-state index contributed by atoms with van der Waals surface area (Å²) in [5.74, 6) is 0. The van der Waals surface area contributed by atoms with Crippen molar-refractivity contribution in [3.8, 4) is 0 Å². The van der Waals surface area contributed by atoms with Gasteiger partial charge in [0, 0.05) is 5.73 Å². The molecule has 2 unspecified atom stereocenters. The van der Waals surface area contributed by atoms with Crippen LogP contribution >= 0.6 is 0 Å². The Balaban J connectivity index is 5.16. The first-order chi connectivity index (χ1) is 10.1. The maximum atomic E-state index is 11.5.